The molecule has 38 heavy (non-hydrogen) atoms. The summed E-state index contributed by atoms with van der Waals surface area (Å²) in [5, 5.41) is 3.10. The van der Waals surface area contributed by atoms with Crippen molar-refractivity contribution in [3.8, 4) is 5.75 Å². The highest BCUT2D eigenvalue weighted by Crippen LogP contribution is 2.35. The maximum absolute atomic E-state index is 13.0. The van der Waals surface area contributed by atoms with Crippen molar-refractivity contribution in [2.24, 2.45) is 0 Å². The number of nitrogens with zero attached hydrogens (tertiary/aromatic N) is 2. The smallest absolute Gasteiger partial charge is 0.255 e. The van der Waals surface area contributed by atoms with Crippen LogP contribution >= 0.6 is 11.6 Å². The molecular formula is C29H34ClN3O5. The van der Waals surface area contributed by atoms with Gasteiger partial charge < -0.3 is 19.3 Å². The number of fused-ring (bicyclic) bond motifs is 2. The van der Waals surface area contributed by atoms with E-state index in [0.29, 0.717) is 37.5 Å². The van der Waals surface area contributed by atoms with Gasteiger partial charge in [-0.25, -0.2) is 0 Å². The number of piperidine rings is 1. The first kappa shape index (κ1) is 26.7. The number of halogens is 1. The maximum atomic E-state index is 13.0. The molecule has 0 bridgehead atoms. The van der Waals surface area contributed by atoms with Crippen LogP contribution in [0.3, 0.4) is 0 Å². The molecule has 8 nitrogen and oxygen atoms in total. The number of hydrogen-bond acceptors (Lipinski definition) is 6. The lowest BCUT2D eigenvalue weighted by molar-refractivity contribution is -0.136. The predicted molar refractivity (Wildman–Crippen MR) is 143 cm³/mol. The first-order valence-corrected chi connectivity index (χ1v) is 13.8. The van der Waals surface area contributed by atoms with Gasteiger partial charge in [-0.1, -0.05) is 30.7 Å². The van der Waals surface area contributed by atoms with E-state index in [9.17, 15) is 14.4 Å². The van der Waals surface area contributed by atoms with E-state index in [1.54, 1.807) is 11.0 Å². The molecule has 3 amide bonds. The molecule has 2 unspecified atom stereocenters. The molecule has 1 saturated heterocycles. The van der Waals surface area contributed by atoms with Crippen molar-refractivity contribution in [3.05, 3.63) is 63.7 Å². The van der Waals surface area contributed by atoms with Gasteiger partial charge in [-0.3, -0.25) is 19.7 Å². The lowest BCUT2D eigenvalue weighted by Gasteiger charge is -2.29. The fourth-order valence-corrected chi connectivity index (χ4v) is 5.74. The third-order valence-corrected chi connectivity index (χ3v) is 7.95. The number of amides is 3. The molecule has 2 atom stereocenters. The van der Waals surface area contributed by atoms with Crippen LogP contribution in [0.15, 0.2) is 36.4 Å². The summed E-state index contributed by atoms with van der Waals surface area (Å²) in [6, 6.07) is 10.8. The quantitative estimate of drug-likeness (QED) is 0.339. The van der Waals surface area contributed by atoms with E-state index in [1.807, 2.05) is 24.3 Å². The Kier molecular flexibility index (Phi) is 8.31. The van der Waals surface area contributed by atoms with E-state index in [4.69, 9.17) is 21.1 Å². The van der Waals surface area contributed by atoms with Gasteiger partial charge in [-0.2, -0.15) is 0 Å². The monoisotopic (exact) mass is 539 g/mol. The van der Waals surface area contributed by atoms with Gasteiger partial charge in [0.25, 0.3) is 5.91 Å². The molecule has 1 N–H and O–H groups in total. The fraction of sp³-hybridized carbons (Fsp3) is 0.483. The van der Waals surface area contributed by atoms with Crippen molar-refractivity contribution in [2.75, 3.05) is 26.2 Å². The summed E-state index contributed by atoms with van der Waals surface area (Å²) >= 11 is 6.19. The normalized spacial score (nSPS) is 20.6. The Morgan fingerprint density at radius 1 is 1.16 bits per heavy atom. The second kappa shape index (κ2) is 11.8. The van der Waals surface area contributed by atoms with Crippen LogP contribution in [0.5, 0.6) is 5.75 Å². The summed E-state index contributed by atoms with van der Waals surface area (Å²) in [6.45, 7) is 6.61. The summed E-state index contributed by atoms with van der Waals surface area (Å²) in [4.78, 5) is 40.8. The zero-order chi connectivity index (χ0) is 26.6. The standard InChI is InChI=1S/C29H34ClN3O5/c1-2-32(14-12-26-22-16-20(30)9-8-19(22)18-38-26)13-3-4-15-37-25-7-5-6-21-23(25)17-33(29(21)36)24-10-11-27(34)31-28(24)35/h5-9,16,24,26H,2-4,10-15,17-18H2,1H3,(H,31,34,35). The summed E-state index contributed by atoms with van der Waals surface area (Å²) in [6.07, 6.45) is 3.52. The zero-order valence-corrected chi connectivity index (χ0v) is 22.5. The lowest BCUT2D eigenvalue weighted by Crippen LogP contribution is -2.52. The van der Waals surface area contributed by atoms with Crippen molar-refractivity contribution in [1.82, 2.24) is 15.1 Å². The molecule has 0 aromatic heterocycles. The molecule has 3 aliphatic rings. The van der Waals surface area contributed by atoms with Crippen LogP contribution in [0.25, 0.3) is 0 Å². The molecule has 0 saturated carbocycles. The van der Waals surface area contributed by atoms with Gasteiger partial charge in [0, 0.05) is 29.1 Å². The largest absolute Gasteiger partial charge is 0.493 e. The number of carbonyl (C=O) groups excluding carboxylic acids is 3. The third-order valence-electron chi connectivity index (χ3n) is 7.71. The Balaban J connectivity index is 1.08. The Hall–Kier alpha value is -2.94. The van der Waals surface area contributed by atoms with Crippen molar-refractivity contribution >= 4 is 29.3 Å². The number of ether oxygens (including phenoxy) is 2. The number of hydrogen-bond donors (Lipinski definition) is 1. The minimum Gasteiger partial charge on any atom is -0.493 e. The van der Waals surface area contributed by atoms with Crippen molar-refractivity contribution in [1.29, 1.82) is 0 Å². The van der Waals surface area contributed by atoms with Crippen molar-refractivity contribution in [3.63, 3.8) is 0 Å². The second-order valence-corrected chi connectivity index (χ2v) is 10.5. The second-order valence-electron chi connectivity index (χ2n) is 10.1. The highest BCUT2D eigenvalue weighted by Gasteiger charge is 2.40. The highest BCUT2D eigenvalue weighted by atomic mass is 35.5. The fourth-order valence-electron chi connectivity index (χ4n) is 5.56. The summed E-state index contributed by atoms with van der Waals surface area (Å²) in [5.41, 5.74) is 3.83. The van der Waals surface area contributed by atoms with Gasteiger partial charge in [0.05, 0.1) is 25.9 Å². The summed E-state index contributed by atoms with van der Waals surface area (Å²) in [7, 11) is 0. The van der Waals surface area contributed by atoms with Gasteiger partial charge in [0.2, 0.25) is 11.8 Å². The van der Waals surface area contributed by atoms with Crippen LogP contribution in [-0.4, -0.2) is 59.8 Å². The van der Waals surface area contributed by atoms with Gasteiger partial charge in [0.15, 0.2) is 0 Å². The number of benzene rings is 2. The lowest BCUT2D eigenvalue weighted by atomic mass is 10.0. The Morgan fingerprint density at radius 3 is 2.84 bits per heavy atom. The van der Waals surface area contributed by atoms with Crippen LogP contribution < -0.4 is 10.1 Å². The Bertz CT molecular complexity index is 1220. The minimum atomic E-state index is -0.624. The highest BCUT2D eigenvalue weighted by molar-refractivity contribution is 6.30. The van der Waals surface area contributed by atoms with Gasteiger partial charge in [-0.05, 0) is 74.2 Å². The molecule has 9 heteroatoms. The van der Waals surface area contributed by atoms with E-state index in [0.717, 1.165) is 49.5 Å². The average Bonchev–Trinajstić information content (AvgIpc) is 3.46. The molecule has 2 aromatic rings. The molecule has 5 rings (SSSR count). The zero-order valence-electron chi connectivity index (χ0n) is 21.7. The molecule has 202 valence electrons. The topological polar surface area (TPSA) is 88.2 Å². The van der Waals surface area contributed by atoms with E-state index >= 15 is 0 Å². The van der Waals surface area contributed by atoms with Gasteiger partial charge in [-0.15, -0.1) is 0 Å². The molecule has 2 aromatic carbocycles. The predicted octanol–water partition coefficient (Wildman–Crippen LogP) is 4.24. The van der Waals surface area contributed by atoms with E-state index < -0.39 is 11.9 Å². The number of rotatable bonds is 11. The van der Waals surface area contributed by atoms with Crippen LogP contribution in [0, 0.1) is 0 Å². The van der Waals surface area contributed by atoms with Crippen LogP contribution in [0.4, 0.5) is 0 Å². The minimum absolute atomic E-state index is 0.101. The van der Waals surface area contributed by atoms with E-state index in [2.05, 4.69) is 23.2 Å². The van der Waals surface area contributed by atoms with E-state index in [-0.39, 0.29) is 24.3 Å². The molecule has 3 heterocycles. The molecule has 0 radical (unpaired) electrons. The molecule has 3 aliphatic heterocycles. The number of nitrogens with one attached hydrogen (secondary N) is 1. The van der Waals surface area contributed by atoms with Crippen molar-refractivity contribution in [2.45, 2.75) is 64.3 Å². The average molecular weight is 540 g/mol. The molecule has 0 spiro atoms. The maximum Gasteiger partial charge on any atom is 0.255 e. The third kappa shape index (κ3) is 5.72. The number of unbranched alkanes of at least 4 members (excludes halogenated alkanes) is 1. The first-order valence-electron chi connectivity index (χ1n) is 13.5. The van der Waals surface area contributed by atoms with Gasteiger partial charge >= 0.3 is 0 Å². The Morgan fingerprint density at radius 2 is 2.03 bits per heavy atom. The Labute approximate surface area is 228 Å². The van der Waals surface area contributed by atoms with Crippen molar-refractivity contribution < 1.29 is 23.9 Å². The molecular weight excluding hydrogens is 506 g/mol. The van der Waals surface area contributed by atoms with Gasteiger partial charge in [0.1, 0.15) is 11.8 Å². The SMILES string of the molecule is CCN(CCCCOc1cccc2c1CN(C1CCC(=O)NC1=O)C2=O)CCC1OCc2ccc(Cl)cc21. The van der Waals surface area contributed by atoms with Crippen LogP contribution in [-0.2, 0) is 27.5 Å². The summed E-state index contributed by atoms with van der Waals surface area (Å²) in [5.74, 6) is -0.190. The first-order chi connectivity index (χ1) is 18.4. The number of carbonyl (C=O) groups is 3. The van der Waals surface area contributed by atoms with Crippen LogP contribution in [0.2, 0.25) is 5.02 Å². The molecule has 0 aliphatic carbocycles. The number of imide groups is 1. The molecule has 1 fully saturated rings. The van der Waals surface area contributed by atoms with E-state index in [1.165, 1.54) is 11.1 Å². The van der Waals surface area contributed by atoms with Crippen LogP contribution in [0.1, 0.15) is 72.2 Å². The summed E-state index contributed by atoms with van der Waals surface area (Å²) < 4.78 is 12.1.